The molecule has 0 bridgehead atoms. The number of pyridine rings is 1. The maximum absolute atomic E-state index is 13.7. The first-order valence-corrected chi connectivity index (χ1v) is 11.4. The number of rotatable bonds is 9. The van der Waals surface area contributed by atoms with Crippen LogP contribution >= 0.6 is 11.6 Å². The molecule has 0 aliphatic heterocycles. The van der Waals surface area contributed by atoms with E-state index in [0.29, 0.717) is 28.2 Å². The van der Waals surface area contributed by atoms with Crippen molar-refractivity contribution in [3.05, 3.63) is 76.8 Å². The van der Waals surface area contributed by atoms with Gasteiger partial charge in [0.15, 0.2) is 11.5 Å². The van der Waals surface area contributed by atoms with Crippen molar-refractivity contribution in [2.24, 2.45) is 0 Å². The van der Waals surface area contributed by atoms with Crippen molar-refractivity contribution in [3.8, 4) is 22.8 Å². The maximum atomic E-state index is 13.7. The van der Waals surface area contributed by atoms with Crippen LogP contribution in [-0.4, -0.2) is 47.9 Å². The molecule has 0 aliphatic carbocycles. The van der Waals surface area contributed by atoms with Crippen LogP contribution in [0.3, 0.4) is 0 Å². The third kappa shape index (κ3) is 5.27. The summed E-state index contributed by atoms with van der Waals surface area (Å²) in [5.41, 5.74) is 0.771. The highest BCUT2D eigenvalue weighted by Crippen LogP contribution is 2.32. The summed E-state index contributed by atoms with van der Waals surface area (Å²) in [7, 11) is 1.42. The van der Waals surface area contributed by atoms with Crippen LogP contribution in [0.2, 0.25) is 5.02 Å². The Bertz CT molecular complexity index is 1410. The van der Waals surface area contributed by atoms with Crippen molar-refractivity contribution in [2.45, 2.75) is 12.5 Å². The van der Waals surface area contributed by atoms with Gasteiger partial charge in [-0.1, -0.05) is 11.6 Å². The van der Waals surface area contributed by atoms with Crippen LogP contribution in [0.25, 0.3) is 22.2 Å². The molecule has 2 heterocycles. The van der Waals surface area contributed by atoms with Gasteiger partial charge in [0, 0.05) is 22.7 Å². The van der Waals surface area contributed by atoms with E-state index in [4.69, 9.17) is 21.1 Å². The maximum Gasteiger partial charge on any atom is 0.251 e. The summed E-state index contributed by atoms with van der Waals surface area (Å²) in [6.07, 6.45) is 1.73. The Morgan fingerprint density at radius 1 is 1.19 bits per heavy atom. The number of nitrogens with one attached hydrogen (secondary N) is 2. The monoisotopic (exact) mass is 515 g/mol. The summed E-state index contributed by atoms with van der Waals surface area (Å²) >= 11 is 5.97. The zero-order valence-corrected chi connectivity index (χ0v) is 20.3. The van der Waals surface area contributed by atoms with Gasteiger partial charge in [-0.15, -0.1) is 0 Å². The number of H-pyrrole nitrogens is 1. The minimum Gasteiger partial charge on any atom is -0.493 e. The SMILES string of the molecule is COc1cc(C(=O)NCC(C)(O)c2cc3cc[nH]c3c(-c3ccc(F)c(Cl)c3)n2)ccc1OCCF. The first kappa shape index (κ1) is 25.4. The molecule has 188 valence electrons. The highest BCUT2D eigenvalue weighted by molar-refractivity contribution is 6.31. The second kappa shape index (κ2) is 10.5. The number of nitrogens with zero attached hydrogens (tertiary/aromatic N) is 1. The van der Waals surface area contributed by atoms with E-state index in [1.54, 1.807) is 18.3 Å². The standard InChI is InChI=1S/C26H24ClF2N3O4/c1-26(34,14-31-25(33)17-4-6-20(36-10-8-28)21(12-17)35-2)22-13-16-7-9-30-23(16)24(32-22)15-3-5-19(29)18(27)11-15/h3-7,9,11-13,30,34H,8,10,14H2,1-2H3,(H,31,33). The van der Waals surface area contributed by atoms with Crippen LogP contribution in [0.5, 0.6) is 11.5 Å². The summed E-state index contributed by atoms with van der Waals surface area (Å²) in [4.78, 5) is 20.5. The number of amides is 1. The molecule has 0 spiro atoms. The van der Waals surface area contributed by atoms with E-state index < -0.39 is 24.0 Å². The summed E-state index contributed by atoms with van der Waals surface area (Å²) in [5.74, 6) is -0.410. The summed E-state index contributed by atoms with van der Waals surface area (Å²) in [6.45, 7) is 0.596. The predicted octanol–water partition coefficient (Wildman–Crippen LogP) is 5.02. The lowest BCUT2D eigenvalue weighted by molar-refractivity contribution is 0.0491. The first-order chi connectivity index (χ1) is 17.2. The van der Waals surface area contributed by atoms with E-state index in [2.05, 4.69) is 15.3 Å². The Hall–Kier alpha value is -3.69. The van der Waals surface area contributed by atoms with Crippen LogP contribution in [0.4, 0.5) is 8.78 Å². The number of carbonyl (C=O) groups is 1. The number of ether oxygens (including phenoxy) is 2. The van der Waals surface area contributed by atoms with Gasteiger partial charge in [-0.05, 0) is 55.5 Å². The number of alkyl halides is 1. The molecule has 1 amide bonds. The van der Waals surface area contributed by atoms with Gasteiger partial charge in [0.05, 0.1) is 35.6 Å². The highest BCUT2D eigenvalue weighted by atomic mass is 35.5. The van der Waals surface area contributed by atoms with Gasteiger partial charge in [-0.3, -0.25) is 4.79 Å². The Morgan fingerprint density at radius 2 is 2.00 bits per heavy atom. The smallest absolute Gasteiger partial charge is 0.251 e. The predicted molar refractivity (Wildman–Crippen MR) is 133 cm³/mol. The van der Waals surface area contributed by atoms with Gasteiger partial charge in [0.25, 0.3) is 5.91 Å². The molecule has 0 saturated carbocycles. The zero-order valence-electron chi connectivity index (χ0n) is 19.6. The average Bonchev–Trinajstić information content (AvgIpc) is 3.36. The number of halogens is 3. The summed E-state index contributed by atoms with van der Waals surface area (Å²) < 4.78 is 36.6. The van der Waals surface area contributed by atoms with E-state index >= 15 is 0 Å². The lowest BCUT2D eigenvalue weighted by Crippen LogP contribution is -2.39. The molecule has 7 nitrogen and oxygen atoms in total. The fraction of sp³-hybridized carbons (Fsp3) is 0.231. The van der Waals surface area contributed by atoms with Crippen molar-refractivity contribution in [2.75, 3.05) is 26.9 Å². The molecule has 1 unspecified atom stereocenters. The highest BCUT2D eigenvalue weighted by Gasteiger charge is 2.28. The van der Waals surface area contributed by atoms with Crippen LogP contribution < -0.4 is 14.8 Å². The van der Waals surface area contributed by atoms with Crippen LogP contribution in [0, 0.1) is 5.82 Å². The van der Waals surface area contributed by atoms with Crippen molar-refractivity contribution in [1.29, 1.82) is 0 Å². The third-order valence-corrected chi connectivity index (χ3v) is 5.93. The number of aromatic nitrogens is 2. The Kier molecular flexibility index (Phi) is 7.42. The van der Waals surface area contributed by atoms with E-state index in [9.17, 15) is 18.7 Å². The normalized spacial score (nSPS) is 12.8. The van der Waals surface area contributed by atoms with Crippen molar-refractivity contribution in [1.82, 2.24) is 15.3 Å². The largest absolute Gasteiger partial charge is 0.493 e. The number of aliphatic hydroxyl groups is 1. The van der Waals surface area contributed by atoms with Crippen LogP contribution in [-0.2, 0) is 5.60 Å². The first-order valence-electron chi connectivity index (χ1n) is 11.0. The minimum absolute atomic E-state index is 0.0463. The fourth-order valence-electron chi connectivity index (χ4n) is 3.71. The molecular weight excluding hydrogens is 492 g/mol. The molecule has 3 N–H and O–H groups in total. The average molecular weight is 516 g/mol. The van der Waals surface area contributed by atoms with E-state index in [0.717, 1.165) is 5.39 Å². The lowest BCUT2D eigenvalue weighted by atomic mass is 9.98. The quantitative estimate of drug-likeness (QED) is 0.291. The molecule has 0 fully saturated rings. The van der Waals surface area contributed by atoms with Crippen LogP contribution in [0.1, 0.15) is 23.0 Å². The zero-order chi connectivity index (χ0) is 25.9. The number of hydrogen-bond acceptors (Lipinski definition) is 5. The summed E-state index contributed by atoms with van der Waals surface area (Å²) in [6, 6.07) is 12.3. The minimum atomic E-state index is -1.55. The Morgan fingerprint density at radius 3 is 2.72 bits per heavy atom. The van der Waals surface area contributed by atoms with E-state index in [1.807, 2.05) is 6.07 Å². The molecule has 0 aliphatic rings. The third-order valence-electron chi connectivity index (χ3n) is 5.64. The molecule has 2 aromatic heterocycles. The molecule has 0 saturated heterocycles. The number of fused-ring (bicyclic) bond motifs is 1. The van der Waals surface area contributed by atoms with Gasteiger partial charge < -0.3 is 24.9 Å². The second-order valence-electron chi connectivity index (χ2n) is 8.29. The van der Waals surface area contributed by atoms with Crippen molar-refractivity contribution >= 4 is 28.4 Å². The number of benzene rings is 2. The molecular formula is C26H24ClF2N3O4. The molecule has 36 heavy (non-hydrogen) atoms. The lowest BCUT2D eigenvalue weighted by Gasteiger charge is -2.24. The number of aromatic amines is 1. The number of methoxy groups -OCH3 is 1. The van der Waals surface area contributed by atoms with E-state index in [-0.39, 0.29) is 29.5 Å². The molecule has 4 rings (SSSR count). The second-order valence-corrected chi connectivity index (χ2v) is 8.69. The van der Waals surface area contributed by atoms with Gasteiger partial charge in [0.1, 0.15) is 24.7 Å². The van der Waals surface area contributed by atoms with Crippen molar-refractivity contribution < 1.29 is 28.2 Å². The molecule has 10 heteroatoms. The summed E-state index contributed by atoms with van der Waals surface area (Å²) in [5, 5.41) is 14.7. The molecule has 1 atom stereocenters. The molecule has 4 aromatic rings. The van der Waals surface area contributed by atoms with Gasteiger partial charge in [-0.25, -0.2) is 13.8 Å². The van der Waals surface area contributed by atoms with Crippen molar-refractivity contribution in [3.63, 3.8) is 0 Å². The number of carbonyl (C=O) groups excluding carboxylic acids is 1. The van der Waals surface area contributed by atoms with Gasteiger partial charge in [0.2, 0.25) is 0 Å². The topological polar surface area (TPSA) is 96.5 Å². The van der Waals surface area contributed by atoms with Gasteiger partial charge >= 0.3 is 0 Å². The van der Waals surface area contributed by atoms with Crippen LogP contribution in [0.15, 0.2) is 54.7 Å². The number of hydrogen-bond donors (Lipinski definition) is 3. The fourth-order valence-corrected chi connectivity index (χ4v) is 3.89. The Balaban J connectivity index is 1.58. The molecule has 2 aromatic carbocycles. The molecule has 0 radical (unpaired) electrons. The Labute approximate surface area is 211 Å². The van der Waals surface area contributed by atoms with E-state index in [1.165, 1.54) is 44.4 Å². The van der Waals surface area contributed by atoms with Gasteiger partial charge in [-0.2, -0.15) is 0 Å².